The fourth-order valence-electron chi connectivity index (χ4n) is 4.30. The quantitative estimate of drug-likeness (QED) is 0.379. The van der Waals surface area contributed by atoms with Gasteiger partial charge in [0.25, 0.3) is 0 Å². The van der Waals surface area contributed by atoms with Crippen LogP contribution < -0.4 is 9.50 Å². The molecule has 1 aliphatic carbocycles. The van der Waals surface area contributed by atoms with Crippen molar-refractivity contribution in [2.75, 3.05) is 5.32 Å². The van der Waals surface area contributed by atoms with Crippen LogP contribution in [0.25, 0.3) is 16.7 Å². The van der Waals surface area contributed by atoms with Crippen molar-refractivity contribution in [2.45, 2.75) is 43.4 Å². The molecule has 9 nitrogen and oxygen atoms in total. The summed E-state index contributed by atoms with van der Waals surface area (Å²) in [5, 5.41) is 2.82. The number of fused-ring (bicyclic) bond motifs is 1. The van der Waals surface area contributed by atoms with Crippen LogP contribution in [0.2, 0.25) is 0 Å². The van der Waals surface area contributed by atoms with Crippen LogP contribution in [0.1, 0.15) is 38.5 Å². The Labute approximate surface area is 197 Å². The molecule has 0 radical (unpaired) electrons. The minimum Gasteiger partial charge on any atom is -0.379 e. The molecule has 5 rings (SSSR count). The topological polar surface area (TPSA) is 119 Å². The average molecular weight is 480 g/mol. The molecule has 1 fully saturated rings. The lowest BCUT2D eigenvalue weighted by molar-refractivity contribution is -0.117. The maximum atomic E-state index is 12.7. The molecule has 0 saturated heterocycles. The molecule has 10 heteroatoms. The lowest BCUT2D eigenvalue weighted by atomic mass is 9.87. The van der Waals surface area contributed by atoms with Crippen molar-refractivity contribution in [3.63, 3.8) is 0 Å². The normalized spacial score (nSPS) is 14.8. The van der Waals surface area contributed by atoms with E-state index in [0.717, 1.165) is 18.5 Å². The molecule has 1 saturated carbocycles. The number of imidazole rings is 2. The lowest BCUT2D eigenvalue weighted by Gasteiger charge is -2.20. The van der Waals surface area contributed by atoms with Gasteiger partial charge in [-0.2, -0.15) is 8.42 Å². The molecule has 2 heterocycles. The van der Waals surface area contributed by atoms with Crippen molar-refractivity contribution in [1.29, 1.82) is 0 Å². The third-order valence-corrected chi connectivity index (χ3v) is 7.31. The zero-order chi connectivity index (χ0) is 23.5. The molecule has 0 spiro atoms. The standard InChI is InChI=1S/C24H25N5O4S/c30-23(14-17-4-2-1-3-5-17)28-24-26-21-11-8-19(15-22(21)27-24)33-34(31,32)20-9-6-18(7-10-20)29-13-12-25-16-29/h6-13,15-17H,1-5,14H2,(H2,26,27,28,30). The highest BCUT2D eigenvalue weighted by molar-refractivity contribution is 7.87. The van der Waals surface area contributed by atoms with Gasteiger partial charge in [-0.1, -0.05) is 19.3 Å². The van der Waals surface area contributed by atoms with Crippen molar-refractivity contribution in [3.05, 3.63) is 61.2 Å². The van der Waals surface area contributed by atoms with Crippen LogP contribution in [0.5, 0.6) is 5.75 Å². The van der Waals surface area contributed by atoms with E-state index in [1.165, 1.54) is 37.5 Å². The molecule has 2 aromatic heterocycles. The van der Waals surface area contributed by atoms with Crippen molar-refractivity contribution < 1.29 is 17.4 Å². The molecule has 0 bridgehead atoms. The average Bonchev–Trinajstić information content (AvgIpc) is 3.49. The summed E-state index contributed by atoms with van der Waals surface area (Å²) < 4.78 is 32.6. The Kier molecular flexibility index (Phi) is 6.06. The van der Waals surface area contributed by atoms with Gasteiger partial charge in [0, 0.05) is 30.6 Å². The van der Waals surface area contributed by atoms with E-state index in [1.54, 1.807) is 47.6 Å². The fraction of sp³-hybridized carbons (Fsp3) is 0.292. The first-order chi connectivity index (χ1) is 16.5. The first kappa shape index (κ1) is 22.1. The smallest absolute Gasteiger partial charge is 0.339 e. The zero-order valence-corrected chi connectivity index (χ0v) is 19.3. The molecule has 0 atom stereocenters. The number of hydrogen-bond donors (Lipinski definition) is 2. The third kappa shape index (κ3) is 4.96. The first-order valence-electron chi connectivity index (χ1n) is 11.3. The van der Waals surface area contributed by atoms with Crippen molar-refractivity contribution in [1.82, 2.24) is 19.5 Å². The number of rotatable bonds is 7. The summed E-state index contributed by atoms with van der Waals surface area (Å²) in [6.45, 7) is 0. The number of nitrogens with zero attached hydrogens (tertiary/aromatic N) is 3. The van der Waals surface area contributed by atoms with Gasteiger partial charge >= 0.3 is 10.1 Å². The van der Waals surface area contributed by atoms with Crippen LogP contribution in [0, 0.1) is 5.92 Å². The summed E-state index contributed by atoms with van der Waals surface area (Å²) in [5.74, 6) is 0.838. The van der Waals surface area contributed by atoms with E-state index in [9.17, 15) is 13.2 Å². The molecular weight excluding hydrogens is 454 g/mol. The van der Waals surface area contributed by atoms with Gasteiger partial charge in [0.15, 0.2) is 0 Å². The minimum absolute atomic E-state index is 0.0363. The Hall–Kier alpha value is -3.66. The molecule has 1 aliphatic rings. The fourth-order valence-corrected chi connectivity index (χ4v) is 5.23. The second-order valence-electron chi connectivity index (χ2n) is 8.52. The van der Waals surface area contributed by atoms with Gasteiger partial charge < -0.3 is 13.7 Å². The first-order valence-corrected chi connectivity index (χ1v) is 12.7. The van der Waals surface area contributed by atoms with Crippen molar-refractivity contribution >= 4 is 33.0 Å². The lowest BCUT2D eigenvalue weighted by Crippen LogP contribution is -2.18. The summed E-state index contributed by atoms with van der Waals surface area (Å²) in [5.41, 5.74) is 1.95. The highest BCUT2D eigenvalue weighted by Gasteiger charge is 2.19. The van der Waals surface area contributed by atoms with Crippen LogP contribution in [-0.4, -0.2) is 33.8 Å². The summed E-state index contributed by atoms with van der Waals surface area (Å²) in [6, 6.07) is 11.1. The molecule has 2 aromatic carbocycles. The zero-order valence-electron chi connectivity index (χ0n) is 18.5. The Bertz CT molecular complexity index is 1390. The predicted octanol–water partition coefficient (Wildman–Crippen LogP) is 4.43. The summed E-state index contributed by atoms with van der Waals surface area (Å²) in [4.78, 5) is 23.8. The summed E-state index contributed by atoms with van der Waals surface area (Å²) in [7, 11) is -4.03. The Morgan fingerprint density at radius 2 is 1.91 bits per heavy atom. The summed E-state index contributed by atoms with van der Waals surface area (Å²) in [6.07, 6.45) is 11.3. The van der Waals surface area contributed by atoms with E-state index in [4.69, 9.17) is 4.18 Å². The second-order valence-corrected chi connectivity index (χ2v) is 10.1. The van der Waals surface area contributed by atoms with E-state index < -0.39 is 10.1 Å². The van der Waals surface area contributed by atoms with Crippen LogP contribution >= 0.6 is 0 Å². The van der Waals surface area contributed by atoms with Gasteiger partial charge in [-0.25, -0.2) is 9.97 Å². The van der Waals surface area contributed by atoms with E-state index in [1.807, 2.05) is 0 Å². The Morgan fingerprint density at radius 1 is 1.12 bits per heavy atom. The van der Waals surface area contributed by atoms with Gasteiger partial charge in [0.05, 0.1) is 17.4 Å². The monoisotopic (exact) mass is 479 g/mol. The number of aromatic nitrogens is 4. The van der Waals surface area contributed by atoms with Crippen LogP contribution in [0.15, 0.2) is 66.1 Å². The van der Waals surface area contributed by atoms with Gasteiger partial charge in [-0.05, 0) is 55.2 Å². The largest absolute Gasteiger partial charge is 0.379 e. The highest BCUT2D eigenvalue weighted by atomic mass is 32.2. The number of aromatic amines is 1. The van der Waals surface area contributed by atoms with Crippen LogP contribution in [0.4, 0.5) is 5.95 Å². The molecule has 0 aliphatic heterocycles. The molecular formula is C24H25N5O4S. The molecule has 2 N–H and O–H groups in total. The number of nitrogens with one attached hydrogen (secondary N) is 2. The van der Waals surface area contributed by atoms with E-state index in [2.05, 4.69) is 20.3 Å². The predicted molar refractivity (Wildman–Crippen MR) is 127 cm³/mol. The SMILES string of the molecule is O=C(CC1CCCCC1)Nc1nc2cc(OS(=O)(=O)c3ccc(-n4ccnc4)cc3)ccc2[nH]1. The third-order valence-electron chi connectivity index (χ3n) is 6.05. The molecule has 34 heavy (non-hydrogen) atoms. The maximum Gasteiger partial charge on any atom is 0.339 e. The number of hydrogen-bond acceptors (Lipinski definition) is 6. The number of anilines is 1. The minimum atomic E-state index is -4.03. The van der Waals surface area contributed by atoms with Gasteiger partial charge in [0.1, 0.15) is 10.6 Å². The van der Waals surface area contributed by atoms with Crippen molar-refractivity contribution in [3.8, 4) is 11.4 Å². The highest BCUT2D eigenvalue weighted by Crippen LogP contribution is 2.27. The van der Waals surface area contributed by atoms with E-state index >= 15 is 0 Å². The number of carbonyl (C=O) groups is 1. The molecule has 176 valence electrons. The van der Waals surface area contributed by atoms with Gasteiger partial charge in [0.2, 0.25) is 11.9 Å². The number of carbonyl (C=O) groups excluding carboxylic acids is 1. The van der Waals surface area contributed by atoms with E-state index in [-0.39, 0.29) is 16.6 Å². The molecule has 4 aromatic rings. The maximum absolute atomic E-state index is 12.7. The van der Waals surface area contributed by atoms with Crippen molar-refractivity contribution in [2.24, 2.45) is 5.92 Å². The van der Waals surface area contributed by atoms with Crippen LogP contribution in [-0.2, 0) is 14.9 Å². The van der Waals surface area contributed by atoms with E-state index in [0.29, 0.717) is 29.3 Å². The Balaban J connectivity index is 1.27. The number of benzene rings is 2. The number of amides is 1. The van der Waals surface area contributed by atoms with Crippen LogP contribution in [0.3, 0.4) is 0 Å². The summed E-state index contributed by atoms with van der Waals surface area (Å²) >= 11 is 0. The Morgan fingerprint density at radius 3 is 2.65 bits per heavy atom. The molecule has 1 amide bonds. The number of H-pyrrole nitrogens is 1. The second kappa shape index (κ2) is 9.30. The molecule has 0 unspecified atom stereocenters. The van der Waals surface area contributed by atoms with Gasteiger partial charge in [-0.15, -0.1) is 0 Å². The van der Waals surface area contributed by atoms with Gasteiger partial charge in [-0.3, -0.25) is 10.1 Å².